The lowest BCUT2D eigenvalue weighted by Gasteiger charge is -2.00. The summed E-state index contributed by atoms with van der Waals surface area (Å²) in [4.78, 5) is 10.1. The third-order valence-electron chi connectivity index (χ3n) is 2.24. The highest BCUT2D eigenvalue weighted by atomic mass is 16.1. The van der Waals surface area contributed by atoms with E-state index in [0.717, 1.165) is 18.3 Å². The summed E-state index contributed by atoms with van der Waals surface area (Å²) in [5, 5.41) is 0. The molecule has 0 heterocycles. The molecule has 0 atom stereocenters. The number of fused-ring (bicyclic) bond motifs is 1. The van der Waals surface area contributed by atoms with Gasteiger partial charge in [-0.05, 0) is 23.6 Å². The van der Waals surface area contributed by atoms with Gasteiger partial charge in [-0.3, -0.25) is 0 Å². The van der Waals surface area contributed by atoms with Crippen LogP contribution in [0, 0.1) is 11.8 Å². The van der Waals surface area contributed by atoms with Crippen LogP contribution in [-0.2, 0) is 11.2 Å². The van der Waals surface area contributed by atoms with Crippen molar-refractivity contribution in [3.63, 3.8) is 0 Å². The minimum Gasteiger partial charge on any atom is -0.302 e. The van der Waals surface area contributed by atoms with E-state index in [9.17, 15) is 4.79 Å². The normalized spacial score (nSPS) is 11.7. The summed E-state index contributed by atoms with van der Waals surface area (Å²) in [5.41, 5.74) is 3.59. The molecule has 0 spiro atoms. The fourth-order valence-electron chi connectivity index (χ4n) is 1.60. The fourth-order valence-corrected chi connectivity index (χ4v) is 1.60. The van der Waals surface area contributed by atoms with Crippen molar-refractivity contribution in [2.45, 2.75) is 12.8 Å². The van der Waals surface area contributed by atoms with Crippen molar-refractivity contribution in [3.05, 3.63) is 41.0 Å². The van der Waals surface area contributed by atoms with Gasteiger partial charge in [0.1, 0.15) is 6.29 Å². The van der Waals surface area contributed by atoms with Gasteiger partial charge in [0, 0.05) is 5.56 Å². The zero-order chi connectivity index (χ0) is 9.80. The molecule has 1 nitrogen and oxygen atoms in total. The van der Waals surface area contributed by atoms with Gasteiger partial charge < -0.3 is 4.79 Å². The van der Waals surface area contributed by atoms with Gasteiger partial charge in [0.05, 0.1) is 6.42 Å². The molecule has 0 saturated carbocycles. The number of carbonyl (C=O) groups excluding carboxylic acids is 1. The van der Waals surface area contributed by atoms with Crippen LogP contribution in [-0.4, -0.2) is 6.29 Å². The van der Waals surface area contributed by atoms with Crippen LogP contribution in [0.1, 0.15) is 23.1 Å². The number of hydrogen-bond acceptors (Lipinski definition) is 1. The van der Waals surface area contributed by atoms with Gasteiger partial charge in [-0.1, -0.05) is 36.1 Å². The molecule has 0 amide bonds. The molecule has 1 heteroatoms. The molecule has 0 unspecified atom stereocenters. The van der Waals surface area contributed by atoms with Crippen LogP contribution in [0.15, 0.2) is 24.3 Å². The van der Waals surface area contributed by atoms with E-state index >= 15 is 0 Å². The summed E-state index contributed by atoms with van der Waals surface area (Å²) in [6.45, 7) is 0. The second kappa shape index (κ2) is 3.93. The van der Waals surface area contributed by atoms with E-state index in [0.29, 0.717) is 6.42 Å². The Morgan fingerprint density at radius 2 is 2.36 bits per heavy atom. The number of hydrogen-bond donors (Lipinski definition) is 0. The second-order valence-electron chi connectivity index (χ2n) is 3.15. The van der Waals surface area contributed by atoms with Crippen LogP contribution in [0.2, 0.25) is 0 Å². The molecule has 68 valence electrons. The summed E-state index contributed by atoms with van der Waals surface area (Å²) in [7, 11) is 0. The van der Waals surface area contributed by atoms with E-state index in [4.69, 9.17) is 0 Å². The molecule has 0 N–H and O–H groups in total. The lowest BCUT2D eigenvalue weighted by molar-refractivity contribution is -0.107. The van der Waals surface area contributed by atoms with Gasteiger partial charge in [0.2, 0.25) is 0 Å². The van der Waals surface area contributed by atoms with Crippen molar-refractivity contribution in [1.29, 1.82) is 0 Å². The number of carbonyl (C=O) groups is 1. The first-order chi connectivity index (χ1) is 6.92. The Morgan fingerprint density at radius 3 is 3.21 bits per heavy atom. The van der Waals surface area contributed by atoms with Gasteiger partial charge in [-0.2, -0.15) is 0 Å². The molecule has 0 radical (unpaired) electrons. The highest BCUT2D eigenvalue weighted by Crippen LogP contribution is 2.22. The van der Waals surface area contributed by atoms with Gasteiger partial charge in [0.15, 0.2) is 0 Å². The maximum atomic E-state index is 10.1. The van der Waals surface area contributed by atoms with E-state index in [1.54, 1.807) is 0 Å². The predicted molar refractivity (Wildman–Crippen MR) is 56.7 cm³/mol. The molecule has 0 bridgehead atoms. The first-order valence-corrected chi connectivity index (χ1v) is 4.63. The van der Waals surface area contributed by atoms with Crippen molar-refractivity contribution in [1.82, 2.24) is 0 Å². The van der Waals surface area contributed by atoms with Crippen molar-refractivity contribution >= 4 is 12.4 Å². The standard InChI is InChI=1S/C13H10O/c14-10-2-1-5-11-6-3-7-12-8-4-9-13(11)12/h3-4,6-8,10H,2,9H2. The first kappa shape index (κ1) is 8.77. The van der Waals surface area contributed by atoms with E-state index in [-0.39, 0.29) is 0 Å². The van der Waals surface area contributed by atoms with E-state index in [2.05, 4.69) is 30.1 Å². The molecule has 2 rings (SSSR count). The van der Waals surface area contributed by atoms with Crippen molar-refractivity contribution < 1.29 is 4.79 Å². The van der Waals surface area contributed by atoms with Crippen LogP contribution < -0.4 is 0 Å². The first-order valence-electron chi connectivity index (χ1n) is 4.63. The quantitative estimate of drug-likeness (QED) is 0.480. The van der Waals surface area contributed by atoms with E-state index in [1.165, 1.54) is 11.1 Å². The summed E-state index contributed by atoms with van der Waals surface area (Å²) >= 11 is 0. The zero-order valence-corrected chi connectivity index (χ0v) is 7.79. The van der Waals surface area contributed by atoms with Crippen molar-refractivity contribution in [2.24, 2.45) is 0 Å². The number of aldehydes is 1. The summed E-state index contributed by atoms with van der Waals surface area (Å²) in [6, 6.07) is 6.09. The molecular weight excluding hydrogens is 172 g/mol. The highest BCUT2D eigenvalue weighted by molar-refractivity contribution is 5.65. The molecule has 1 aromatic carbocycles. The van der Waals surface area contributed by atoms with Crippen LogP contribution in [0.25, 0.3) is 6.08 Å². The molecule has 0 fully saturated rings. The maximum absolute atomic E-state index is 10.1. The molecule has 1 aliphatic carbocycles. The van der Waals surface area contributed by atoms with Crippen LogP contribution in [0.4, 0.5) is 0 Å². The third kappa shape index (κ3) is 1.60. The summed E-state index contributed by atoms with van der Waals surface area (Å²) in [5.74, 6) is 5.86. The Bertz CT molecular complexity index is 444. The Morgan fingerprint density at radius 1 is 1.43 bits per heavy atom. The van der Waals surface area contributed by atoms with E-state index in [1.807, 2.05) is 12.1 Å². The van der Waals surface area contributed by atoms with Crippen LogP contribution >= 0.6 is 0 Å². The Kier molecular flexibility index (Phi) is 2.46. The maximum Gasteiger partial charge on any atom is 0.131 e. The predicted octanol–water partition coefficient (Wildman–Crippen LogP) is 2.20. The number of rotatable bonds is 1. The third-order valence-corrected chi connectivity index (χ3v) is 2.24. The fraction of sp³-hybridized carbons (Fsp3) is 0.154. The zero-order valence-electron chi connectivity index (χ0n) is 7.79. The Balaban J connectivity index is 2.33. The summed E-state index contributed by atoms with van der Waals surface area (Å²) < 4.78 is 0. The Hall–Kier alpha value is -1.81. The SMILES string of the molecule is O=CCC#Cc1cccc2c1CC=C2. The van der Waals surface area contributed by atoms with Crippen LogP contribution in [0.3, 0.4) is 0 Å². The monoisotopic (exact) mass is 182 g/mol. The molecule has 0 aliphatic heterocycles. The highest BCUT2D eigenvalue weighted by Gasteiger charge is 2.07. The van der Waals surface area contributed by atoms with Gasteiger partial charge in [-0.25, -0.2) is 0 Å². The number of allylic oxidation sites excluding steroid dienone is 1. The molecule has 0 saturated heterocycles. The Labute approximate surface area is 83.5 Å². The van der Waals surface area contributed by atoms with E-state index < -0.39 is 0 Å². The molecule has 0 aromatic heterocycles. The minimum atomic E-state index is 0.317. The minimum absolute atomic E-state index is 0.317. The topological polar surface area (TPSA) is 17.1 Å². The van der Waals surface area contributed by atoms with Crippen LogP contribution in [0.5, 0.6) is 0 Å². The van der Waals surface area contributed by atoms with Crippen molar-refractivity contribution in [2.75, 3.05) is 0 Å². The van der Waals surface area contributed by atoms with Crippen molar-refractivity contribution in [3.8, 4) is 11.8 Å². The van der Waals surface area contributed by atoms with Gasteiger partial charge in [0.25, 0.3) is 0 Å². The molecule has 1 aliphatic rings. The summed E-state index contributed by atoms with van der Waals surface area (Å²) in [6.07, 6.45) is 6.35. The molecule has 1 aromatic rings. The average Bonchev–Trinajstić information content (AvgIpc) is 2.67. The largest absolute Gasteiger partial charge is 0.302 e. The smallest absolute Gasteiger partial charge is 0.131 e. The van der Waals surface area contributed by atoms with Gasteiger partial charge >= 0.3 is 0 Å². The van der Waals surface area contributed by atoms with Gasteiger partial charge in [-0.15, -0.1) is 0 Å². The molecule has 14 heavy (non-hydrogen) atoms. The lowest BCUT2D eigenvalue weighted by atomic mass is 10.0. The number of benzene rings is 1. The second-order valence-corrected chi connectivity index (χ2v) is 3.15. The lowest BCUT2D eigenvalue weighted by Crippen LogP contribution is -1.87. The molecular formula is C13H10O. The average molecular weight is 182 g/mol.